The summed E-state index contributed by atoms with van der Waals surface area (Å²) in [5.74, 6) is 0.964. The van der Waals surface area contributed by atoms with Gasteiger partial charge in [-0.2, -0.15) is 11.8 Å². The number of aromatic nitrogens is 2. The first kappa shape index (κ1) is 18.4. The Labute approximate surface area is 156 Å². The molecule has 0 aromatic carbocycles. The molecule has 3 N–H and O–H groups in total. The fourth-order valence-electron chi connectivity index (χ4n) is 3.03. The van der Waals surface area contributed by atoms with Gasteiger partial charge in [0.15, 0.2) is 0 Å². The van der Waals surface area contributed by atoms with E-state index in [0.29, 0.717) is 16.8 Å². The number of rotatable bonds is 6. The van der Waals surface area contributed by atoms with Gasteiger partial charge < -0.3 is 16.0 Å². The van der Waals surface area contributed by atoms with Gasteiger partial charge in [0, 0.05) is 22.8 Å². The number of hydrogen-bond donors (Lipinski definition) is 3. The van der Waals surface area contributed by atoms with E-state index in [9.17, 15) is 9.59 Å². The van der Waals surface area contributed by atoms with Gasteiger partial charge in [-0.25, -0.2) is 4.79 Å². The van der Waals surface area contributed by atoms with Crippen molar-refractivity contribution in [2.75, 3.05) is 11.1 Å². The van der Waals surface area contributed by atoms with Crippen molar-refractivity contribution >= 4 is 40.2 Å². The lowest BCUT2D eigenvalue weighted by Gasteiger charge is -2.16. The first-order valence-electron chi connectivity index (χ1n) is 8.65. The summed E-state index contributed by atoms with van der Waals surface area (Å²) in [5, 5.41) is 18.9. The third-order valence-corrected chi connectivity index (χ3v) is 7.17. The highest BCUT2D eigenvalue weighted by Gasteiger charge is 2.42. The van der Waals surface area contributed by atoms with E-state index in [1.807, 2.05) is 11.8 Å². The standard InChI is InChI=1S/C16H25N5O2S2/c1-16(2,3)13-20-21-15(25-13)18-11(22)7-5-4-6-10-12-9(8-24-10)17-14(23)19-12/h9-10,12H,4-8H2,1-3H3,(H2,17,19,23)(H,18,21,22)/t9-,10-,12-/m0/s1. The van der Waals surface area contributed by atoms with Gasteiger partial charge in [-0.1, -0.05) is 38.5 Å². The van der Waals surface area contributed by atoms with Crippen LogP contribution in [0.1, 0.15) is 51.5 Å². The van der Waals surface area contributed by atoms with Crippen LogP contribution in [0, 0.1) is 0 Å². The molecule has 2 fully saturated rings. The fraction of sp³-hybridized carbons (Fsp3) is 0.750. The molecule has 2 aliphatic rings. The molecule has 0 bridgehead atoms. The number of urea groups is 1. The minimum Gasteiger partial charge on any atom is -0.332 e. The topological polar surface area (TPSA) is 96.0 Å². The Morgan fingerprint density at radius 3 is 2.80 bits per heavy atom. The van der Waals surface area contributed by atoms with E-state index in [-0.39, 0.29) is 29.4 Å². The molecule has 0 saturated carbocycles. The van der Waals surface area contributed by atoms with Crippen molar-refractivity contribution < 1.29 is 9.59 Å². The van der Waals surface area contributed by atoms with Crippen LogP contribution in [-0.2, 0) is 10.2 Å². The van der Waals surface area contributed by atoms with Crippen LogP contribution in [0.4, 0.5) is 9.93 Å². The third-order valence-electron chi connectivity index (χ3n) is 4.39. The predicted octanol–water partition coefficient (Wildman–Crippen LogP) is 2.50. The number of anilines is 1. The first-order valence-corrected chi connectivity index (χ1v) is 10.5. The molecule has 25 heavy (non-hydrogen) atoms. The van der Waals surface area contributed by atoms with E-state index in [1.54, 1.807) is 0 Å². The van der Waals surface area contributed by atoms with E-state index >= 15 is 0 Å². The molecule has 0 spiro atoms. The summed E-state index contributed by atoms with van der Waals surface area (Å²) < 4.78 is 0. The highest BCUT2D eigenvalue weighted by molar-refractivity contribution is 8.00. The highest BCUT2D eigenvalue weighted by Crippen LogP contribution is 2.33. The lowest BCUT2D eigenvalue weighted by Crippen LogP contribution is -2.36. The molecule has 138 valence electrons. The number of unbranched alkanes of at least 4 members (excludes halogenated alkanes) is 1. The van der Waals surface area contributed by atoms with Crippen molar-refractivity contribution in [1.82, 2.24) is 20.8 Å². The van der Waals surface area contributed by atoms with Gasteiger partial charge in [-0.05, 0) is 12.8 Å². The normalized spacial score (nSPS) is 25.4. The molecule has 2 saturated heterocycles. The Hall–Kier alpha value is -1.35. The zero-order valence-electron chi connectivity index (χ0n) is 14.8. The van der Waals surface area contributed by atoms with Crippen molar-refractivity contribution in [2.45, 2.75) is 69.2 Å². The van der Waals surface area contributed by atoms with E-state index < -0.39 is 0 Å². The van der Waals surface area contributed by atoms with E-state index in [2.05, 4.69) is 46.9 Å². The molecule has 0 unspecified atom stereocenters. The summed E-state index contributed by atoms with van der Waals surface area (Å²) in [6.07, 6.45) is 3.33. The summed E-state index contributed by atoms with van der Waals surface area (Å²) >= 11 is 3.34. The zero-order chi connectivity index (χ0) is 18.0. The number of fused-ring (bicyclic) bond motifs is 1. The Morgan fingerprint density at radius 2 is 2.08 bits per heavy atom. The Bertz CT molecular complexity index is 643. The van der Waals surface area contributed by atoms with Crippen LogP contribution in [0.15, 0.2) is 0 Å². The zero-order valence-corrected chi connectivity index (χ0v) is 16.4. The minimum absolute atomic E-state index is 0.00982. The van der Waals surface area contributed by atoms with E-state index in [1.165, 1.54) is 11.3 Å². The highest BCUT2D eigenvalue weighted by atomic mass is 32.2. The average molecular weight is 384 g/mol. The second-order valence-electron chi connectivity index (χ2n) is 7.58. The van der Waals surface area contributed by atoms with Gasteiger partial charge in [-0.15, -0.1) is 10.2 Å². The molecule has 7 nitrogen and oxygen atoms in total. The second kappa shape index (κ2) is 7.49. The smallest absolute Gasteiger partial charge is 0.315 e. The summed E-state index contributed by atoms with van der Waals surface area (Å²) in [6.45, 7) is 6.23. The molecule has 3 amide bonds. The van der Waals surface area contributed by atoms with Gasteiger partial charge >= 0.3 is 6.03 Å². The molecular formula is C16H25N5O2S2. The van der Waals surface area contributed by atoms with E-state index in [4.69, 9.17) is 0 Å². The molecule has 3 heterocycles. The average Bonchev–Trinajstić information content (AvgIpc) is 3.19. The van der Waals surface area contributed by atoms with Crippen LogP contribution in [0.5, 0.6) is 0 Å². The summed E-state index contributed by atoms with van der Waals surface area (Å²) in [5.41, 5.74) is -0.0536. The van der Waals surface area contributed by atoms with Crippen molar-refractivity contribution in [3.8, 4) is 0 Å². The largest absolute Gasteiger partial charge is 0.332 e. The molecule has 1 aromatic rings. The number of nitrogens with zero attached hydrogens (tertiary/aromatic N) is 2. The molecular weight excluding hydrogens is 358 g/mol. The summed E-state index contributed by atoms with van der Waals surface area (Å²) in [6, 6.07) is 0.454. The lowest BCUT2D eigenvalue weighted by atomic mass is 9.98. The van der Waals surface area contributed by atoms with Crippen LogP contribution < -0.4 is 16.0 Å². The van der Waals surface area contributed by atoms with Gasteiger partial charge in [-0.3, -0.25) is 4.79 Å². The van der Waals surface area contributed by atoms with Crippen LogP contribution in [-0.4, -0.2) is 45.2 Å². The quantitative estimate of drug-likeness (QED) is 0.518. The number of hydrogen-bond acceptors (Lipinski definition) is 6. The number of carbonyl (C=O) groups is 2. The van der Waals surface area contributed by atoms with Gasteiger partial charge in [0.25, 0.3) is 0 Å². The van der Waals surface area contributed by atoms with Crippen molar-refractivity contribution in [3.63, 3.8) is 0 Å². The van der Waals surface area contributed by atoms with Crippen LogP contribution in [0.2, 0.25) is 0 Å². The Kier molecular flexibility index (Phi) is 5.52. The lowest BCUT2D eigenvalue weighted by molar-refractivity contribution is -0.116. The van der Waals surface area contributed by atoms with Crippen molar-refractivity contribution in [3.05, 3.63) is 5.01 Å². The van der Waals surface area contributed by atoms with Gasteiger partial charge in [0.05, 0.1) is 12.1 Å². The predicted molar refractivity (Wildman–Crippen MR) is 101 cm³/mol. The number of nitrogens with one attached hydrogen (secondary N) is 3. The summed E-state index contributed by atoms with van der Waals surface area (Å²) in [4.78, 5) is 23.4. The monoisotopic (exact) mass is 383 g/mol. The maximum absolute atomic E-state index is 12.0. The Balaban J connectivity index is 1.36. The van der Waals surface area contributed by atoms with Crippen LogP contribution in [0.3, 0.4) is 0 Å². The molecule has 1 aromatic heterocycles. The fourth-order valence-corrected chi connectivity index (χ4v) is 5.39. The number of carbonyl (C=O) groups excluding carboxylic acids is 2. The van der Waals surface area contributed by atoms with Gasteiger partial charge in [0.2, 0.25) is 11.0 Å². The molecule has 0 radical (unpaired) electrons. The van der Waals surface area contributed by atoms with Crippen LogP contribution in [0.25, 0.3) is 0 Å². The molecule has 3 rings (SSSR count). The third kappa shape index (κ3) is 4.63. The SMILES string of the molecule is CC(C)(C)c1nnc(NC(=O)CCCC[C@@H]2SC[C@@H]3NC(=O)N[C@@H]32)s1. The maximum atomic E-state index is 12.0. The van der Waals surface area contributed by atoms with Crippen molar-refractivity contribution in [2.24, 2.45) is 0 Å². The molecule has 9 heteroatoms. The maximum Gasteiger partial charge on any atom is 0.315 e. The van der Waals surface area contributed by atoms with Crippen molar-refractivity contribution in [1.29, 1.82) is 0 Å². The number of amides is 3. The van der Waals surface area contributed by atoms with Gasteiger partial charge in [0.1, 0.15) is 5.01 Å². The Morgan fingerprint density at radius 1 is 1.28 bits per heavy atom. The summed E-state index contributed by atoms with van der Waals surface area (Å²) in [7, 11) is 0. The molecule has 2 aliphatic heterocycles. The first-order chi connectivity index (χ1) is 11.8. The van der Waals surface area contributed by atoms with E-state index in [0.717, 1.165) is 30.0 Å². The molecule has 0 aliphatic carbocycles. The molecule has 3 atom stereocenters. The minimum atomic E-state index is -0.0536. The number of thioether (sulfide) groups is 1. The second-order valence-corrected chi connectivity index (χ2v) is 9.83. The van der Waals surface area contributed by atoms with Crippen LogP contribution >= 0.6 is 23.1 Å².